The van der Waals surface area contributed by atoms with E-state index in [9.17, 15) is 10.1 Å². The molecule has 0 unspecified atom stereocenters. The standard InChI is InChI=1S/C12H22N4O3/c1-5-12(13,6-2)8-19-11-10(16(17)18)9(4)14-15(11)7-3/h5-8,13H2,1-4H3. The van der Waals surface area contributed by atoms with Crippen LogP contribution < -0.4 is 10.5 Å². The second-order valence-electron chi connectivity index (χ2n) is 4.67. The first-order valence-corrected chi connectivity index (χ1v) is 6.52. The highest BCUT2D eigenvalue weighted by Gasteiger charge is 2.29. The summed E-state index contributed by atoms with van der Waals surface area (Å²) < 4.78 is 7.12. The average molecular weight is 270 g/mol. The van der Waals surface area contributed by atoms with Crippen molar-refractivity contribution in [2.75, 3.05) is 6.61 Å². The molecule has 0 atom stereocenters. The molecule has 0 spiro atoms. The first kappa shape index (κ1) is 15.4. The fourth-order valence-corrected chi connectivity index (χ4v) is 1.78. The van der Waals surface area contributed by atoms with Gasteiger partial charge in [0.15, 0.2) is 0 Å². The van der Waals surface area contributed by atoms with Crippen LogP contribution in [0.4, 0.5) is 5.69 Å². The summed E-state index contributed by atoms with van der Waals surface area (Å²) in [5.41, 5.74) is 5.96. The maximum Gasteiger partial charge on any atom is 0.353 e. The van der Waals surface area contributed by atoms with Gasteiger partial charge in [-0.1, -0.05) is 13.8 Å². The average Bonchev–Trinajstić information content (AvgIpc) is 2.72. The molecule has 0 amide bonds. The number of hydrogen-bond acceptors (Lipinski definition) is 5. The van der Waals surface area contributed by atoms with Crippen molar-refractivity contribution in [2.45, 2.75) is 52.6 Å². The van der Waals surface area contributed by atoms with E-state index < -0.39 is 10.5 Å². The third-order valence-corrected chi connectivity index (χ3v) is 3.44. The molecule has 0 saturated heterocycles. The second kappa shape index (κ2) is 6.01. The predicted molar refractivity (Wildman–Crippen MR) is 72.3 cm³/mol. The summed E-state index contributed by atoms with van der Waals surface area (Å²) in [5, 5.41) is 15.2. The lowest BCUT2D eigenvalue weighted by Crippen LogP contribution is -2.44. The van der Waals surface area contributed by atoms with Gasteiger partial charge in [-0.15, -0.1) is 0 Å². The normalized spacial score (nSPS) is 11.6. The van der Waals surface area contributed by atoms with E-state index in [0.717, 1.165) is 12.8 Å². The lowest BCUT2D eigenvalue weighted by molar-refractivity contribution is -0.386. The van der Waals surface area contributed by atoms with Gasteiger partial charge in [0.1, 0.15) is 12.3 Å². The van der Waals surface area contributed by atoms with Gasteiger partial charge in [0.2, 0.25) is 0 Å². The Morgan fingerprint density at radius 1 is 1.42 bits per heavy atom. The van der Waals surface area contributed by atoms with Crippen LogP contribution in [0.2, 0.25) is 0 Å². The van der Waals surface area contributed by atoms with Crippen LogP contribution in [-0.2, 0) is 6.54 Å². The molecular weight excluding hydrogens is 248 g/mol. The van der Waals surface area contributed by atoms with Crippen LogP contribution in [0.3, 0.4) is 0 Å². The number of aromatic nitrogens is 2. The minimum atomic E-state index is -0.468. The van der Waals surface area contributed by atoms with Crippen molar-refractivity contribution in [3.05, 3.63) is 15.8 Å². The molecule has 0 saturated carbocycles. The van der Waals surface area contributed by atoms with E-state index in [2.05, 4.69) is 5.10 Å². The first-order chi connectivity index (χ1) is 8.88. The van der Waals surface area contributed by atoms with E-state index in [1.807, 2.05) is 20.8 Å². The highest BCUT2D eigenvalue weighted by atomic mass is 16.6. The van der Waals surface area contributed by atoms with E-state index in [1.54, 1.807) is 6.92 Å². The Morgan fingerprint density at radius 2 is 2.00 bits per heavy atom. The van der Waals surface area contributed by atoms with Crippen LogP contribution in [0.15, 0.2) is 0 Å². The number of ether oxygens (including phenoxy) is 1. The number of nitro groups is 1. The van der Waals surface area contributed by atoms with E-state index in [0.29, 0.717) is 12.2 Å². The minimum Gasteiger partial charge on any atom is -0.471 e. The van der Waals surface area contributed by atoms with Gasteiger partial charge in [-0.25, -0.2) is 4.68 Å². The monoisotopic (exact) mass is 270 g/mol. The van der Waals surface area contributed by atoms with Crippen LogP contribution in [0.1, 0.15) is 39.3 Å². The Labute approximate surface area is 112 Å². The number of nitrogens with zero attached hydrogens (tertiary/aromatic N) is 3. The van der Waals surface area contributed by atoms with E-state index in [4.69, 9.17) is 10.5 Å². The smallest absolute Gasteiger partial charge is 0.353 e. The molecule has 19 heavy (non-hydrogen) atoms. The van der Waals surface area contributed by atoms with Crippen molar-refractivity contribution in [1.29, 1.82) is 0 Å². The highest BCUT2D eigenvalue weighted by molar-refractivity contribution is 5.45. The zero-order chi connectivity index (χ0) is 14.6. The summed E-state index contributed by atoms with van der Waals surface area (Å²) in [6.07, 6.45) is 1.49. The summed E-state index contributed by atoms with van der Waals surface area (Å²) in [5.74, 6) is 0.196. The molecule has 1 aromatic heterocycles. The zero-order valence-corrected chi connectivity index (χ0v) is 12.0. The van der Waals surface area contributed by atoms with Gasteiger partial charge in [0.25, 0.3) is 5.88 Å². The fraction of sp³-hybridized carbons (Fsp3) is 0.750. The maximum atomic E-state index is 11.1. The van der Waals surface area contributed by atoms with Crippen LogP contribution in [-0.4, -0.2) is 26.8 Å². The Kier molecular flexibility index (Phi) is 4.88. The van der Waals surface area contributed by atoms with Crippen LogP contribution in [0.5, 0.6) is 5.88 Å². The molecule has 7 nitrogen and oxygen atoms in total. The van der Waals surface area contributed by atoms with Gasteiger partial charge < -0.3 is 10.5 Å². The van der Waals surface area contributed by atoms with Crippen LogP contribution in [0.25, 0.3) is 0 Å². The molecule has 0 aliphatic carbocycles. The lowest BCUT2D eigenvalue weighted by Gasteiger charge is -2.26. The van der Waals surface area contributed by atoms with Crippen molar-refractivity contribution in [3.63, 3.8) is 0 Å². The van der Waals surface area contributed by atoms with Gasteiger partial charge in [-0.3, -0.25) is 10.1 Å². The molecule has 1 rings (SSSR count). The van der Waals surface area contributed by atoms with Crippen molar-refractivity contribution < 1.29 is 9.66 Å². The summed E-state index contributed by atoms with van der Waals surface area (Å²) in [4.78, 5) is 10.6. The number of hydrogen-bond donors (Lipinski definition) is 1. The highest BCUT2D eigenvalue weighted by Crippen LogP contribution is 2.31. The van der Waals surface area contributed by atoms with Crippen molar-refractivity contribution in [1.82, 2.24) is 9.78 Å². The summed E-state index contributed by atoms with van der Waals surface area (Å²) in [7, 11) is 0. The van der Waals surface area contributed by atoms with Gasteiger partial charge in [0.05, 0.1) is 4.92 Å². The fourth-order valence-electron chi connectivity index (χ4n) is 1.78. The molecule has 1 heterocycles. The molecule has 2 N–H and O–H groups in total. The molecule has 0 bridgehead atoms. The Bertz CT molecular complexity index is 452. The van der Waals surface area contributed by atoms with E-state index in [1.165, 1.54) is 4.68 Å². The minimum absolute atomic E-state index is 0.0728. The quantitative estimate of drug-likeness (QED) is 0.604. The lowest BCUT2D eigenvalue weighted by atomic mass is 9.96. The third-order valence-electron chi connectivity index (χ3n) is 3.44. The summed E-state index contributed by atoms with van der Waals surface area (Å²) in [6.45, 7) is 8.17. The molecule has 0 aliphatic rings. The van der Waals surface area contributed by atoms with E-state index >= 15 is 0 Å². The SMILES string of the molecule is CCn1nc(C)c([N+](=O)[O-])c1OCC(N)(CC)CC. The third kappa shape index (κ3) is 3.23. The Hall–Kier alpha value is -1.63. The molecular formula is C12H22N4O3. The number of rotatable bonds is 7. The van der Waals surface area contributed by atoms with Crippen LogP contribution in [0, 0.1) is 17.0 Å². The zero-order valence-electron chi connectivity index (χ0n) is 12.0. The van der Waals surface area contributed by atoms with E-state index in [-0.39, 0.29) is 18.2 Å². The molecule has 0 fully saturated rings. The molecule has 7 heteroatoms. The molecule has 0 aromatic carbocycles. The number of nitrogens with two attached hydrogens (primary N) is 1. The van der Waals surface area contributed by atoms with Gasteiger partial charge >= 0.3 is 5.69 Å². The molecule has 1 aromatic rings. The van der Waals surface area contributed by atoms with Crippen molar-refractivity contribution >= 4 is 5.69 Å². The summed E-state index contributed by atoms with van der Waals surface area (Å²) >= 11 is 0. The van der Waals surface area contributed by atoms with Gasteiger partial charge in [0, 0.05) is 12.1 Å². The predicted octanol–water partition coefficient (Wildman–Crippen LogP) is 2.02. The topological polar surface area (TPSA) is 96.2 Å². The Balaban J connectivity index is 3.02. The number of aryl methyl sites for hydroxylation is 2. The van der Waals surface area contributed by atoms with Gasteiger partial charge in [-0.05, 0) is 26.7 Å². The molecule has 108 valence electrons. The summed E-state index contributed by atoms with van der Waals surface area (Å²) in [6, 6.07) is 0. The largest absolute Gasteiger partial charge is 0.471 e. The second-order valence-corrected chi connectivity index (χ2v) is 4.67. The van der Waals surface area contributed by atoms with Gasteiger partial charge in [-0.2, -0.15) is 5.10 Å². The van der Waals surface area contributed by atoms with Crippen molar-refractivity contribution in [2.24, 2.45) is 5.73 Å². The Morgan fingerprint density at radius 3 is 2.42 bits per heavy atom. The van der Waals surface area contributed by atoms with Crippen LogP contribution >= 0.6 is 0 Å². The van der Waals surface area contributed by atoms with Crippen molar-refractivity contribution in [3.8, 4) is 5.88 Å². The first-order valence-electron chi connectivity index (χ1n) is 6.52. The molecule has 0 aliphatic heterocycles. The molecule has 0 radical (unpaired) electrons. The maximum absolute atomic E-state index is 11.1.